The molecular weight excluding hydrogens is 312 g/mol. The van der Waals surface area contributed by atoms with Crippen molar-refractivity contribution in [3.05, 3.63) is 35.9 Å². The molecule has 0 bridgehead atoms. The fourth-order valence-electron chi connectivity index (χ4n) is 2.18. The Morgan fingerprint density at radius 2 is 2.13 bits per heavy atom. The summed E-state index contributed by atoms with van der Waals surface area (Å²) in [5.74, 6) is 0.144. The van der Waals surface area contributed by atoms with Gasteiger partial charge in [0.15, 0.2) is 0 Å². The van der Waals surface area contributed by atoms with Gasteiger partial charge in [0.2, 0.25) is 0 Å². The van der Waals surface area contributed by atoms with Gasteiger partial charge >= 0.3 is 6.09 Å². The van der Waals surface area contributed by atoms with E-state index in [2.05, 4.69) is 4.40 Å². The average Bonchev–Trinajstić information content (AvgIpc) is 2.99. The highest BCUT2D eigenvalue weighted by molar-refractivity contribution is 7.91. The Bertz CT molecular complexity index is 543. The first kappa shape index (κ1) is 17.8. The van der Waals surface area contributed by atoms with E-state index in [0.717, 1.165) is 12.0 Å². The molecule has 0 aliphatic carbocycles. The van der Waals surface area contributed by atoms with Crippen LogP contribution in [-0.2, 0) is 22.7 Å². The number of nitrogens with zero attached hydrogens (tertiary/aromatic N) is 2. The van der Waals surface area contributed by atoms with Crippen LogP contribution in [0.4, 0.5) is 4.79 Å². The number of ether oxygens (including phenoxy) is 1. The zero-order valence-electron chi connectivity index (χ0n) is 13.9. The number of carbonyl (C=O) groups excluding carboxylic acids is 1. The molecule has 23 heavy (non-hydrogen) atoms. The Morgan fingerprint density at radius 3 is 2.78 bits per heavy atom. The van der Waals surface area contributed by atoms with E-state index in [-0.39, 0.29) is 23.4 Å². The lowest BCUT2D eigenvalue weighted by molar-refractivity contribution is 0.104. The second-order valence-corrected chi connectivity index (χ2v) is 8.58. The van der Waals surface area contributed by atoms with E-state index in [1.807, 2.05) is 51.1 Å². The van der Waals surface area contributed by atoms with Crippen LogP contribution in [0.15, 0.2) is 34.7 Å². The molecule has 0 N–H and O–H groups in total. The van der Waals surface area contributed by atoms with E-state index >= 15 is 0 Å². The van der Waals surface area contributed by atoms with Gasteiger partial charge in [-0.15, -0.1) is 0 Å². The normalized spacial score (nSPS) is 20.0. The van der Waals surface area contributed by atoms with E-state index < -0.39 is 11.4 Å². The summed E-state index contributed by atoms with van der Waals surface area (Å²) in [6.07, 6.45) is 2.25. The predicted molar refractivity (Wildman–Crippen MR) is 92.7 cm³/mol. The second kappa shape index (κ2) is 7.84. The summed E-state index contributed by atoms with van der Waals surface area (Å²) in [5, 5.41) is 0. The van der Waals surface area contributed by atoms with E-state index in [1.165, 1.54) is 0 Å². The van der Waals surface area contributed by atoms with Crippen LogP contribution in [0.1, 0.15) is 32.8 Å². The van der Waals surface area contributed by atoms with Gasteiger partial charge in [-0.3, -0.25) is 0 Å². The molecule has 1 aliphatic heterocycles. The molecule has 126 valence electrons. The molecule has 1 heterocycles. The number of benzene rings is 1. The Kier molecular flexibility index (Phi) is 6.07. The monoisotopic (exact) mass is 336 g/mol. The minimum Gasteiger partial charge on any atom is -0.591 e. The molecule has 0 spiro atoms. The summed E-state index contributed by atoms with van der Waals surface area (Å²) in [5.41, 5.74) is 0.971. The fourth-order valence-corrected chi connectivity index (χ4v) is 2.78. The van der Waals surface area contributed by atoms with Gasteiger partial charge in [-0.2, -0.15) is 0 Å². The van der Waals surface area contributed by atoms with Crippen molar-refractivity contribution in [2.45, 2.75) is 38.5 Å². The number of hydrogen-bond acceptors (Lipinski definition) is 4. The van der Waals surface area contributed by atoms with Gasteiger partial charge in [0.1, 0.15) is 22.7 Å². The third-order valence-electron chi connectivity index (χ3n) is 3.58. The molecule has 0 saturated carbocycles. The molecule has 1 unspecified atom stereocenters. The molecule has 6 heteroatoms. The Balaban J connectivity index is 1.78. The van der Waals surface area contributed by atoms with Crippen LogP contribution in [0.5, 0.6) is 0 Å². The largest absolute Gasteiger partial charge is 0.591 e. The molecule has 1 aliphatic rings. The van der Waals surface area contributed by atoms with Gasteiger partial charge in [0, 0.05) is 19.0 Å². The predicted octanol–water partition coefficient (Wildman–Crippen LogP) is 3.18. The van der Waals surface area contributed by atoms with Crippen LogP contribution in [0.2, 0.25) is 0 Å². The summed E-state index contributed by atoms with van der Waals surface area (Å²) >= 11 is -1.25. The minimum atomic E-state index is -1.25. The van der Waals surface area contributed by atoms with Gasteiger partial charge in [-0.1, -0.05) is 34.7 Å². The quantitative estimate of drug-likeness (QED) is 0.626. The summed E-state index contributed by atoms with van der Waals surface area (Å²) in [7, 11) is 0. The molecule has 1 fully saturated rings. The smallest absolute Gasteiger partial charge is 0.410 e. The van der Waals surface area contributed by atoms with Crippen molar-refractivity contribution < 1.29 is 14.1 Å². The Hall–Kier alpha value is -1.53. The van der Waals surface area contributed by atoms with Crippen LogP contribution >= 0.6 is 0 Å². The highest BCUT2D eigenvalue weighted by Gasteiger charge is 2.29. The van der Waals surface area contributed by atoms with Gasteiger partial charge in [0.05, 0.1) is 6.21 Å². The summed E-state index contributed by atoms with van der Waals surface area (Å²) in [6, 6.07) is 9.61. The van der Waals surface area contributed by atoms with Gasteiger partial charge in [0.25, 0.3) is 0 Å². The lowest BCUT2D eigenvalue weighted by Crippen LogP contribution is -2.29. The maximum absolute atomic E-state index is 12.1. The Morgan fingerprint density at radius 1 is 1.43 bits per heavy atom. The second-order valence-electron chi connectivity index (χ2n) is 6.65. The molecule has 1 aromatic rings. The third-order valence-corrected chi connectivity index (χ3v) is 4.94. The Labute approximate surface area is 141 Å². The van der Waals surface area contributed by atoms with Crippen molar-refractivity contribution in [2.75, 3.05) is 13.1 Å². The van der Waals surface area contributed by atoms with Gasteiger partial charge < -0.3 is 14.2 Å². The molecule has 0 aromatic heterocycles. The van der Waals surface area contributed by atoms with Gasteiger partial charge in [-0.05, 0) is 32.8 Å². The first-order valence-electron chi connectivity index (χ1n) is 7.78. The molecule has 2 rings (SSSR count). The topological polar surface area (TPSA) is 65.0 Å². The average molecular weight is 336 g/mol. The maximum atomic E-state index is 12.1. The summed E-state index contributed by atoms with van der Waals surface area (Å²) in [4.78, 5) is 13.7. The molecule has 1 saturated heterocycles. The van der Waals surface area contributed by atoms with E-state index in [4.69, 9.17) is 4.74 Å². The number of hydrogen-bond donors (Lipinski definition) is 0. The van der Waals surface area contributed by atoms with Crippen molar-refractivity contribution in [1.82, 2.24) is 4.90 Å². The standard InChI is InChI=1S/C17H24N2O3S/c1-17(2,3)23(21)18-11-15-9-10-19(12-15)16(20)22-13-14-7-5-4-6-8-14/h4-8,11,15H,9-10,12-13H2,1-3H3/b18-11+/t15-,23?/m1/s1. The minimum absolute atomic E-state index is 0.144. The highest BCUT2D eigenvalue weighted by atomic mass is 32.2. The number of carbonyl (C=O) groups is 1. The molecule has 1 amide bonds. The maximum Gasteiger partial charge on any atom is 0.410 e. The number of rotatable bonds is 4. The lowest BCUT2D eigenvalue weighted by atomic mass is 10.1. The summed E-state index contributed by atoms with van der Waals surface area (Å²) in [6.45, 7) is 7.17. The lowest BCUT2D eigenvalue weighted by Gasteiger charge is -2.18. The van der Waals surface area contributed by atoms with E-state index in [1.54, 1.807) is 11.1 Å². The zero-order valence-corrected chi connectivity index (χ0v) is 14.7. The highest BCUT2D eigenvalue weighted by Crippen LogP contribution is 2.20. The van der Waals surface area contributed by atoms with Crippen LogP contribution in [0.3, 0.4) is 0 Å². The van der Waals surface area contributed by atoms with Crippen molar-refractivity contribution in [1.29, 1.82) is 0 Å². The zero-order chi connectivity index (χ0) is 16.9. The van der Waals surface area contributed by atoms with Crippen molar-refractivity contribution in [2.24, 2.45) is 10.3 Å². The van der Waals surface area contributed by atoms with E-state index in [9.17, 15) is 9.35 Å². The van der Waals surface area contributed by atoms with Crippen molar-refractivity contribution in [3.8, 4) is 0 Å². The SMILES string of the molecule is CC(C)(C)[S+]([O-])/N=C/[C@H]1CCN(C(=O)OCc2ccccc2)C1. The molecular formula is C17H24N2O3S. The van der Waals surface area contributed by atoms with Crippen LogP contribution in [0, 0.1) is 5.92 Å². The fraction of sp³-hybridized carbons (Fsp3) is 0.529. The van der Waals surface area contributed by atoms with Crippen LogP contribution in [0.25, 0.3) is 0 Å². The molecule has 0 radical (unpaired) electrons. The summed E-state index contributed by atoms with van der Waals surface area (Å²) < 4.78 is 21.0. The van der Waals surface area contributed by atoms with Crippen LogP contribution < -0.4 is 0 Å². The third kappa shape index (κ3) is 5.55. The van der Waals surface area contributed by atoms with Crippen molar-refractivity contribution in [3.63, 3.8) is 0 Å². The number of amides is 1. The van der Waals surface area contributed by atoms with Gasteiger partial charge in [-0.25, -0.2) is 4.79 Å². The molecule has 2 atom stereocenters. The first-order valence-corrected chi connectivity index (χ1v) is 8.89. The first-order chi connectivity index (χ1) is 10.9. The number of likely N-dealkylation sites (tertiary alicyclic amines) is 1. The molecule has 5 nitrogen and oxygen atoms in total. The van der Waals surface area contributed by atoms with Crippen molar-refractivity contribution >= 4 is 23.7 Å². The van der Waals surface area contributed by atoms with Crippen LogP contribution in [-0.4, -0.2) is 39.6 Å². The molecule has 1 aromatic carbocycles. The van der Waals surface area contributed by atoms with E-state index in [0.29, 0.717) is 13.1 Å².